The van der Waals surface area contributed by atoms with Crippen molar-refractivity contribution in [3.8, 4) is 0 Å². The summed E-state index contributed by atoms with van der Waals surface area (Å²) in [5.74, 6) is -1.26. The number of amides is 1. The second-order valence-corrected chi connectivity index (χ2v) is 6.26. The maximum atomic E-state index is 12.3. The highest BCUT2D eigenvalue weighted by Crippen LogP contribution is 2.20. The molecule has 2 aromatic heterocycles. The molecule has 8 nitrogen and oxygen atoms in total. The number of aromatic carboxylic acids is 1. The van der Waals surface area contributed by atoms with E-state index in [-0.39, 0.29) is 18.0 Å². The monoisotopic (exact) mass is 367 g/mol. The third kappa shape index (κ3) is 4.41. The molecule has 0 saturated carbocycles. The minimum atomic E-state index is -1.09. The van der Waals surface area contributed by atoms with Crippen LogP contribution in [0.15, 0.2) is 42.6 Å². The number of aryl methyl sites for hydroxylation is 2. The first-order valence-electron chi connectivity index (χ1n) is 8.58. The summed E-state index contributed by atoms with van der Waals surface area (Å²) in [4.78, 5) is 23.1. The first kappa shape index (κ1) is 18.4. The van der Waals surface area contributed by atoms with Gasteiger partial charge in [-0.1, -0.05) is 30.3 Å². The Kier molecular flexibility index (Phi) is 5.35. The van der Waals surface area contributed by atoms with Crippen molar-refractivity contribution in [2.24, 2.45) is 0 Å². The summed E-state index contributed by atoms with van der Waals surface area (Å²) in [7, 11) is 0. The molecule has 0 bridgehead atoms. The Morgan fingerprint density at radius 2 is 1.85 bits per heavy atom. The van der Waals surface area contributed by atoms with Gasteiger partial charge in [0.1, 0.15) is 0 Å². The summed E-state index contributed by atoms with van der Waals surface area (Å²) in [6.07, 6.45) is 1.73. The lowest BCUT2D eigenvalue weighted by molar-refractivity contribution is -0.116. The first-order chi connectivity index (χ1) is 12.9. The van der Waals surface area contributed by atoms with Crippen molar-refractivity contribution in [1.29, 1.82) is 0 Å². The predicted octanol–water partition coefficient (Wildman–Crippen LogP) is 2.47. The van der Waals surface area contributed by atoms with Gasteiger partial charge < -0.3 is 10.4 Å². The molecule has 3 aromatic rings. The van der Waals surface area contributed by atoms with Crippen LogP contribution in [0.5, 0.6) is 0 Å². The Labute approximate surface area is 156 Å². The van der Waals surface area contributed by atoms with Gasteiger partial charge in [-0.2, -0.15) is 10.2 Å². The number of hydrogen-bond donors (Lipinski definition) is 2. The molecule has 0 aliphatic heterocycles. The Morgan fingerprint density at radius 3 is 2.52 bits per heavy atom. The van der Waals surface area contributed by atoms with Gasteiger partial charge >= 0.3 is 5.97 Å². The molecule has 27 heavy (non-hydrogen) atoms. The molecule has 0 fully saturated rings. The molecule has 1 amide bonds. The summed E-state index contributed by atoms with van der Waals surface area (Å²) in [5, 5.41) is 20.2. The normalized spacial score (nSPS) is 10.7. The van der Waals surface area contributed by atoms with Crippen molar-refractivity contribution in [3.63, 3.8) is 0 Å². The molecule has 140 valence electrons. The van der Waals surface area contributed by atoms with E-state index in [2.05, 4.69) is 15.5 Å². The molecule has 3 rings (SSSR count). The minimum Gasteiger partial charge on any atom is -0.476 e. The molecule has 1 aromatic carbocycles. The van der Waals surface area contributed by atoms with Gasteiger partial charge in [0.15, 0.2) is 5.69 Å². The maximum Gasteiger partial charge on any atom is 0.356 e. The largest absolute Gasteiger partial charge is 0.476 e. The molecule has 0 radical (unpaired) electrons. The van der Waals surface area contributed by atoms with E-state index in [9.17, 15) is 9.59 Å². The fourth-order valence-electron chi connectivity index (χ4n) is 2.81. The number of carbonyl (C=O) groups is 2. The fraction of sp³-hybridized carbons (Fsp3) is 0.263. The molecule has 0 aliphatic carbocycles. The highest BCUT2D eigenvalue weighted by atomic mass is 16.4. The SMILES string of the molecule is Cc1nn(Cc2ccccc2)c(C)c1NC(=O)CCn1ccc(C(=O)O)n1. The van der Waals surface area contributed by atoms with Gasteiger partial charge in [-0.3, -0.25) is 14.2 Å². The lowest BCUT2D eigenvalue weighted by Crippen LogP contribution is -2.16. The summed E-state index contributed by atoms with van der Waals surface area (Å²) in [6.45, 7) is 4.71. The van der Waals surface area contributed by atoms with Gasteiger partial charge in [0, 0.05) is 19.2 Å². The quantitative estimate of drug-likeness (QED) is 0.668. The van der Waals surface area contributed by atoms with E-state index in [0.717, 1.165) is 17.0 Å². The third-order valence-electron chi connectivity index (χ3n) is 4.25. The zero-order valence-corrected chi connectivity index (χ0v) is 15.2. The van der Waals surface area contributed by atoms with Crippen molar-refractivity contribution in [2.75, 3.05) is 5.32 Å². The van der Waals surface area contributed by atoms with E-state index in [1.165, 1.54) is 10.7 Å². The van der Waals surface area contributed by atoms with Crippen LogP contribution >= 0.6 is 0 Å². The molecular weight excluding hydrogens is 346 g/mol. The van der Waals surface area contributed by atoms with E-state index in [0.29, 0.717) is 18.8 Å². The number of carbonyl (C=O) groups excluding carboxylic acids is 1. The number of benzene rings is 1. The van der Waals surface area contributed by atoms with E-state index in [1.54, 1.807) is 6.20 Å². The van der Waals surface area contributed by atoms with Crippen LogP contribution in [0, 0.1) is 13.8 Å². The number of carboxylic acid groups (broad SMARTS) is 1. The van der Waals surface area contributed by atoms with Crippen LogP contribution in [0.25, 0.3) is 0 Å². The van der Waals surface area contributed by atoms with Crippen LogP contribution in [0.3, 0.4) is 0 Å². The van der Waals surface area contributed by atoms with Crippen molar-refractivity contribution >= 4 is 17.6 Å². The maximum absolute atomic E-state index is 12.3. The number of anilines is 1. The van der Waals surface area contributed by atoms with E-state index < -0.39 is 5.97 Å². The molecule has 0 unspecified atom stereocenters. The Hall–Kier alpha value is -3.42. The van der Waals surface area contributed by atoms with E-state index >= 15 is 0 Å². The lowest BCUT2D eigenvalue weighted by Gasteiger charge is -2.07. The molecule has 0 aliphatic rings. The molecular formula is C19H21N5O3. The average Bonchev–Trinajstić information content (AvgIpc) is 3.22. The number of hydrogen-bond acceptors (Lipinski definition) is 4. The average molecular weight is 367 g/mol. The zero-order chi connectivity index (χ0) is 19.4. The van der Waals surface area contributed by atoms with E-state index in [1.807, 2.05) is 48.9 Å². The molecule has 0 spiro atoms. The second kappa shape index (κ2) is 7.86. The Morgan fingerprint density at radius 1 is 1.11 bits per heavy atom. The van der Waals surface area contributed by atoms with Gasteiger partial charge in [0.05, 0.1) is 23.6 Å². The van der Waals surface area contributed by atoms with Gasteiger partial charge in [-0.25, -0.2) is 4.79 Å². The second-order valence-electron chi connectivity index (χ2n) is 6.26. The molecule has 2 N–H and O–H groups in total. The third-order valence-corrected chi connectivity index (χ3v) is 4.25. The Balaban J connectivity index is 1.62. The van der Waals surface area contributed by atoms with Crippen LogP contribution in [-0.2, 0) is 17.9 Å². The van der Waals surface area contributed by atoms with Crippen LogP contribution in [0.1, 0.15) is 33.9 Å². The van der Waals surface area contributed by atoms with Crippen molar-refractivity contribution in [3.05, 3.63) is 65.2 Å². The minimum absolute atomic E-state index is 0.0377. The van der Waals surface area contributed by atoms with Crippen molar-refractivity contribution in [2.45, 2.75) is 33.4 Å². The number of carboxylic acids is 1. The molecule has 0 atom stereocenters. The Bertz CT molecular complexity index is 959. The molecule has 0 saturated heterocycles. The highest BCUT2D eigenvalue weighted by molar-refractivity contribution is 5.91. The van der Waals surface area contributed by atoms with E-state index in [4.69, 9.17) is 5.11 Å². The zero-order valence-electron chi connectivity index (χ0n) is 15.2. The van der Waals surface area contributed by atoms with Crippen LogP contribution in [0.4, 0.5) is 5.69 Å². The predicted molar refractivity (Wildman–Crippen MR) is 99.7 cm³/mol. The fourth-order valence-corrected chi connectivity index (χ4v) is 2.81. The lowest BCUT2D eigenvalue weighted by atomic mass is 10.2. The number of rotatable bonds is 7. The number of nitrogens with one attached hydrogen (secondary N) is 1. The summed E-state index contributed by atoms with van der Waals surface area (Å²) >= 11 is 0. The van der Waals surface area contributed by atoms with Gasteiger partial charge in [-0.15, -0.1) is 0 Å². The number of nitrogens with zero attached hydrogens (tertiary/aromatic N) is 4. The summed E-state index contributed by atoms with van der Waals surface area (Å²) in [5.41, 5.74) is 3.45. The topological polar surface area (TPSA) is 102 Å². The summed E-state index contributed by atoms with van der Waals surface area (Å²) in [6, 6.07) is 11.4. The van der Waals surface area contributed by atoms with Gasteiger partial charge in [0.25, 0.3) is 0 Å². The summed E-state index contributed by atoms with van der Waals surface area (Å²) < 4.78 is 3.31. The van der Waals surface area contributed by atoms with Crippen molar-refractivity contribution < 1.29 is 14.7 Å². The standard InChI is InChI=1S/C19H21N5O3/c1-13-18(14(2)24(21-13)12-15-6-4-3-5-7-15)20-17(25)9-11-23-10-8-16(22-23)19(26)27/h3-8,10H,9,11-12H2,1-2H3,(H,20,25)(H,26,27). The number of aromatic nitrogens is 4. The highest BCUT2D eigenvalue weighted by Gasteiger charge is 2.15. The van der Waals surface area contributed by atoms with Gasteiger partial charge in [0.2, 0.25) is 5.91 Å². The van der Waals surface area contributed by atoms with Crippen LogP contribution in [-0.4, -0.2) is 36.5 Å². The van der Waals surface area contributed by atoms with Crippen molar-refractivity contribution in [1.82, 2.24) is 19.6 Å². The van der Waals surface area contributed by atoms with Crippen LogP contribution < -0.4 is 5.32 Å². The smallest absolute Gasteiger partial charge is 0.356 e. The van der Waals surface area contributed by atoms with Gasteiger partial charge in [-0.05, 0) is 25.5 Å². The van der Waals surface area contributed by atoms with Crippen LogP contribution in [0.2, 0.25) is 0 Å². The molecule has 2 heterocycles. The first-order valence-corrected chi connectivity index (χ1v) is 8.58. The molecule has 8 heteroatoms.